The number of rotatable bonds is 8. The second kappa shape index (κ2) is 13.4. The highest BCUT2D eigenvalue weighted by Crippen LogP contribution is 2.34. The van der Waals surface area contributed by atoms with E-state index in [4.69, 9.17) is 0 Å². The first-order valence-electron chi connectivity index (χ1n) is 15.0. The third kappa shape index (κ3) is 6.68. The molecular weight excluding hydrogens is 649 g/mol. The van der Waals surface area contributed by atoms with Crippen LogP contribution in [-0.4, -0.2) is 25.4 Å². The van der Waals surface area contributed by atoms with E-state index in [9.17, 15) is 24.5 Å². The molecule has 0 unspecified atom stereocenters. The lowest BCUT2D eigenvalue weighted by molar-refractivity contribution is -0.387. The lowest BCUT2D eigenvalue weighted by atomic mass is 9.93. The van der Waals surface area contributed by atoms with E-state index < -0.39 is 11.0 Å². The number of para-hydroxylation sites is 1. The molecule has 0 aliphatic carbocycles. The Hall–Kier alpha value is -5.40. The number of nitro groups is 1. The number of H-pyrrole nitrogens is 1. The smallest absolute Gasteiger partial charge is 0.283 e. The van der Waals surface area contributed by atoms with Crippen molar-refractivity contribution in [2.45, 2.75) is 49.7 Å². The number of carbonyl (C=O) groups is 1. The largest absolute Gasteiger partial charge is 0.322 e. The average molecular weight is 679 g/mol. The number of nitrogens with one attached hydrogen (secondary N) is 2. The number of amides is 1. The van der Waals surface area contributed by atoms with Crippen molar-refractivity contribution in [3.63, 3.8) is 0 Å². The van der Waals surface area contributed by atoms with E-state index in [1.807, 2.05) is 42.5 Å². The van der Waals surface area contributed by atoms with E-state index in [0.717, 1.165) is 34.2 Å². The molecular formula is C35H30N6O5S2. The highest BCUT2D eigenvalue weighted by atomic mass is 32.2. The van der Waals surface area contributed by atoms with Crippen molar-refractivity contribution in [1.29, 1.82) is 0 Å². The van der Waals surface area contributed by atoms with Crippen molar-refractivity contribution in [3.8, 4) is 0 Å². The fraction of sp³-hybridized carbons (Fsp3) is 0.171. The molecule has 3 aromatic carbocycles. The highest BCUT2D eigenvalue weighted by molar-refractivity contribution is 7.99. The minimum atomic E-state index is -0.759. The Morgan fingerprint density at radius 1 is 1.06 bits per heavy atom. The predicted octanol–water partition coefficient (Wildman–Crippen LogP) is 5.45. The summed E-state index contributed by atoms with van der Waals surface area (Å²) < 4.78 is 1.82. The number of allylic oxidation sites excluding steroid dienone is 1. The maximum atomic E-state index is 14.1. The van der Waals surface area contributed by atoms with Crippen LogP contribution in [0.1, 0.15) is 55.1 Å². The second-order valence-electron chi connectivity index (χ2n) is 11.5. The van der Waals surface area contributed by atoms with E-state index in [1.54, 1.807) is 44.2 Å². The van der Waals surface area contributed by atoms with Crippen LogP contribution in [-0.2, 0) is 4.79 Å². The van der Waals surface area contributed by atoms with E-state index in [1.165, 1.54) is 16.7 Å². The minimum absolute atomic E-state index is 0.204. The molecule has 242 valence electrons. The monoisotopic (exact) mass is 678 g/mol. The van der Waals surface area contributed by atoms with E-state index in [-0.39, 0.29) is 32.8 Å². The first-order valence-corrected chi connectivity index (χ1v) is 16.6. The Bertz CT molecular complexity index is 2340. The molecule has 2 N–H and O–H groups in total. The molecule has 1 amide bonds. The van der Waals surface area contributed by atoms with Crippen molar-refractivity contribution in [2.24, 2.45) is 4.99 Å². The van der Waals surface area contributed by atoms with Crippen molar-refractivity contribution in [3.05, 3.63) is 153 Å². The molecule has 13 heteroatoms. The Kier molecular flexibility index (Phi) is 9.07. The molecule has 11 nitrogen and oxygen atoms in total. The van der Waals surface area contributed by atoms with Gasteiger partial charge in [-0.1, -0.05) is 73.7 Å². The maximum absolute atomic E-state index is 14.1. The molecule has 0 bridgehead atoms. The van der Waals surface area contributed by atoms with Gasteiger partial charge in [-0.05, 0) is 72.5 Å². The Morgan fingerprint density at radius 3 is 2.46 bits per heavy atom. The van der Waals surface area contributed by atoms with Crippen LogP contribution in [0.25, 0.3) is 6.08 Å². The van der Waals surface area contributed by atoms with Gasteiger partial charge in [-0.3, -0.25) is 29.1 Å². The number of aryl methyl sites for hydroxylation is 1. The summed E-state index contributed by atoms with van der Waals surface area (Å²) in [4.78, 5) is 63.6. The fourth-order valence-electron chi connectivity index (χ4n) is 5.42. The third-order valence-corrected chi connectivity index (χ3v) is 9.68. The maximum Gasteiger partial charge on any atom is 0.283 e. The summed E-state index contributed by atoms with van der Waals surface area (Å²) in [5, 5.41) is 15.3. The number of nitro benzene ring substituents is 1. The summed E-state index contributed by atoms with van der Waals surface area (Å²) in [6, 6.07) is 22.1. The van der Waals surface area contributed by atoms with Crippen LogP contribution in [0.5, 0.6) is 0 Å². The van der Waals surface area contributed by atoms with Crippen LogP contribution < -0.4 is 25.8 Å². The molecule has 2 aromatic heterocycles. The number of hydrogen-bond donors (Lipinski definition) is 2. The molecule has 0 spiro atoms. The van der Waals surface area contributed by atoms with Gasteiger partial charge in [0.2, 0.25) is 0 Å². The van der Waals surface area contributed by atoms with Crippen molar-refractivity contribution < 1.29 is 9.72 Å². The topological polar surface area (TPSA) is 152 Å². The molecule has 1 aliphatic heterocycles. The van der Waals surface area contributed by atoms with Crippen LogP contribution in [0.4, 0.5) is 11.4 Å². The molecule has 0 saturated heterocycles. The van der Waals surface area contributed by atoms with Gasteiger partial charge in [0, 0.05) is 23.5 Å². The number of anilines is 1. The Morgan fingerprint density at radius 2 is 1.79 bits per heavy atom. The summed E-state index contributed by atoms with van der Waals surface area (Å²) in [5.41, 5.74) is 3.28. The summed E-state index contributed by atoms with van der Waals surface area (Å²) in [5.74, 6) is -0.0776. The Labute approximate surface area is 282 Å². The third-order valence-electron chi connectivity index (χ3n) is 7.75. The predicted molar refractivity (Wildman–Crippen MR) is 186 cm³/mol. The lowest BCUT2D eigenvalue weighted by Gasteiger charge is -2.25. The van der Waals surface area contributed by atoms with Crippen LogP contribution >= 0.6 is 23.1 Å². The van der Waals surface area contributed by atoms with Crippen LogP contribution in [0.2, 0.25) is 0 Å². The quantitative estimate of drug-likeness (QED) is 0.126. The van der Waals surface area contributed by atoms with Gasteiger partial charge in [-0.2, -0.15) is 0 Å². The SMILES string of the molecule is CC1=C(C(=O)Nc2ccccc2)[C@H](c2ccc(C(C)C)cc2)n2c(s/c(=C/c3ccc(Sc4nc(C)cc(=O)[nH]4)c([N+](=O)[O-])c3)c2=O)=N1. The van der Waals surface area contributed by atoms with Gasteiger partial charge in [0.1, 0.15) is 0 Å². The number of hydrogen-bond acceptors (Lipinski definition) is 9. The summed E-state index contributed by atoms with van der Waals surface area (Å²) in [6.45, 7) is 7.61. The molecule has 48 heavy (non-hydrogen) atoms. The molecule has 0 radical (unpaired) electrons. The van der Waals surface area contributed by atoms with Gasteiger partial charge in [0.15, 0.2) is 9.96 Å². The number of benzene rings is 3. The zero-order valence-corrected chi connectivity index (χ0v) is 28.0. The van der Waals surface area contributed by atoms with E-state index in [2.05, 4.69) is 34.1 Å². The molecule has 3 heterocycles. The zero-order valence-electron chi connectivity index (χ0n) is 26.4. The first-order chi connectivity index (χ1) is 23.0. The van der Waals surface area contributed by atoms with Gasteiger partial charge in [0.05, 0.1) is 31.7 Å². The van der Waals surface area contributed by atoms with Gasteiger partial charge in [-0.15, -0.1) is 0 Å². The molecule has 0 saturated carbocycles. The average Bonchev–Trinajstić information content (AvgIpc) is 3.34. The molecule has 6 rings (SSSR count). The lowest BCUT2D eigenvalue weighted by Crippen LogP contribution is -2.40. The van der Waals surface area contributed by atoms with Crippen molar-refractivity contribution >= 4 is 46.5 Å². The standard InChI is InChI=1S/C35H30N6O5S2/c1-19(2)23-11-13-24(14-12-23)31-30(32(43)38-25-8-6-5-7-9-25)21(4)37-35-40(31)33(44)28(48-35)18-22-10-15-27(26(17-22)41(45)46)47-34-36-20(3)16-29(42)39-34/h5-19,31H,1-4H3,(H,38,43)(H,36,39,42)/b28-18+/t31-/m0/s1. The van der Waals surface area contributed by atoms with Gasteiger partial charge < -0.3 is 10.3 Å². The minimum Gasteiger partial charge on any atom is -0.322 e. The number of carbonyl (C=O) groups excluding carboxylic acids is 1. The summed E-state index contributed by atoms with van der Waals surface area (Å²) >= 11 is 2.12. The number of thiazole rings is 1. The van der Waals surface area contributed by atoms with Gasteiger partial charge in [0.25, 0.3) is 22.7 Å². The van der Waals surface area contributed by atoms with E-state index >= 15 is 0 Å². The van der Waals surface area contributed by atoms with Crippen molar-refractivity contribution in [2.75, 3.05) is 5.32 Å². The summed E-state index contributed by atoms with van der Waals surface area (Å²) in [7, 11) is 0. The van der Waals surface area contributed by atoms with Crippen molar-refractivity contribution in [1.82, 2.24) is 14.5 Å². The molecule has 5 aromatic rings. The van der Waals surface area contributed by atoms with Gasteiger partial charge >= 0.3 is 0 Å². The molecule has 1 aliphatic rings. The first kappa shape index (κ1) is 32.5. The van der Waals surface area contributed by atoms with Crippen LogP contribution in [0.3, 0.4) is 0 Å². The second-order valence-corrected chi connectivity index (χ2v) is 13.5. The van der Waals surface area contributed by atoms with Crippen LogP contribution in [0.15, 0.2) is 115 Å². The highest BCUT2D eigenvalue weighted by Gasteiger charge is 2.32. The van der Waals surface area contributed by atoms with Crippen LogP contribution in [0, 0.1) is 17.0 Å². The fourth-order valence-corrected chi connectivity index (χ4v) is 7.39. The number of aromatic amines is 1. The van der Waals surface area contributed by atoms with Gasteiger partial charge in [-0.25, -0.2) is 9.98 Å². The summed E-state index contributed by atoms with van der Waals surface area (Å²) in [6.07, 6.45) is 1.58. The number of fused-ring (bicyclic) bond motifs is 1. The normalized spacial score (nSPS) is 14.5. The molecule has 0 fully saturated rings. The van der Waals surface area contributed by atoms with E-state index in [0.29, 0.717) is 43.5 Å². The molecule has 1 atom stereocenters. The Balaban J connectivity index is 1.44. The number of aromatic nitrogens is 3. The zero-order chi connectivity index (χ0) is 34.1. The number of nitrogens with zero attached hydrogens (tertiary/aromatic N) is 4.